The minimum atomic E-state index is -0.0271. The van der Waals surface area contributed by atoms with Crippen LogP contribution >= 0.6 is 11.5 Å². The number of amides is 1. The van der Waals surface area contributed by atoms with E-state index in [1.54, 1.807) is 5.38 Å². The molecular formula is C13H17N5O2S. The van der Waals surface area contributed by atoms with Gasteiger partial charge in [0.25, 0.3) is 5.91 Å². The monoisotopic (exact) mass is 307 g/mol. The molecule has 1 fully saturated rings. The van der Waals surface area contributed by atoms with E-state index in [2.05, 4.69) is 19.6 Å². The first-order chi connectivity index (χ1) is 10.1. The molecule has 1 saturated heterocycles. The van der Waals surface area contributed by atoms with Crippen LogP contribution in [0.15, 0.2) is 9.90 Å². The van der Waals surface area contributed by atoms with Crippen LogP contribution in [0.1, 0.15) is 27.5 Å². The van der Waals surface area contributed by atoms with Crippen LogP contribution in [0.25, 0.3) is 0 Å². The molecule has 2 aromatic rings. The molecule has 3 rings (SSSR count). The molecule has 1 aliphatic rings. The molecule has 0 bridgehead atoms. The maximum Gasteiger partial charge on any atom is 0.275 e. The van der Waals surface area contributed by atoms with Gasteiger partial charge in [0.15, 0.2) is 5.69 Å². The molecule has 0 aromatic carbocycles. The second-order valence-corrected chi connectivity index (χ2v) is 5.77. The largest absolute Gasteiger partial charge is 0.361 e. The maximum atomic E-state index is 12.2. The highest BCUT2D eigenvalue weighted by Gasteiger charge is 2.24. The summed E-state index contributed by atoms with van der Waals surface area (Å²) in [5, 5.41) is 9.51. The van der Waals surface area contributed by atoms with Crippen molar-refractivity contribution in [1.82, 2.24) is 24.5 Å². The zero-order valence-corrected chi connectivity index (χ0v) is 12.9. The van der Waals surface area contributed by atoms with Gasteiger partial charge in [0.05, 0.1) is 5.69 Å². The van der Waals surface area contributed by atoms with E-state index in [4.69, 9.17) is 4.52 Å². The number of hydrogen-bond acceptors (Lipinski definition) is 7. The number of carbonyl (C=O) groups is 1. The summed E-state index contributed by atoms with van der Waals surface area (Å²) < 4.78 is 8.93. The van der Waals surface area contributed by atoms with Gasteiger partial charge in [-0.1, -0.05) is 9.64 Å². The lowest BCUT2D eigenvalue weighted by Crippen LogP contribution is -2.48. The quantitative estimate of drug-likeness (QED) is 0.845. The summed E-state index contributed by atoms with van der Waals surface area (Å²) in [6.45, 7) is 7.81. The highest BCUT2D eigenvalue weighted by molar-refractivity contribution is 7.03. The second kappa shape index (κ2) is 5.90. The Bertz CT molecular complexity index is 597. The van der Waals surface area contributed by atoms with Crippen LogP contribution in [0.3, 0.4) is 0 Å². The predicted molar refractivity (Wildman–Crippen MR) is 77.1 cm³/mol. The summed E-state index contributed by atoms with van der Waals surface area (Å²) >= 11 is 1.20. The van der Waals surface area contributed by atoms with Gasteiger partial charge in [0.2, 0.25) is 0 Å². The molecule has 0 radical (unpaired) electrons. The minimum Gasteiger partial charge on any atom is -0.361 e. The van der Waals surface area contributed by atoms with Crippen molar-refractivity contribution >= 4 is 17.4 Å². The number of piperazine rings is 1. The van der Waals surface area contributed by atoms with Gasteiger partial charge in [-0.2, -0.15) is 0 Å². The number of rotatable bonds is 3. The van der Waals surface area contributed by atoms with Crippen LogP contribution in [0.4, 0.5) is 0 Å². The number of aryl methyl sites for hydroxylation is 2. The molecule has 0 unspecified atom stereocenters. The first kappa shape index (κ1) is 14.2. The van der Waals surface area contributed by atoms with Gasteiger partial charge in [-0.05, 0) is 25.4 Å². The summed E-state index contributed by atoms with van der Waals surface area (Å²) in [7, 11) is 0. The summed E-state index contributed by atoms with van der Waals surface area (Å²) in [5.74, 6) is 0.847. The molecule has 21 heavy (non-hydrogen) atoms. The first-order valence-corrected chi connectivity index (χ1v) is 7.69. The molecule has 112 valence electrons. The van der Waals surface area contributed by atoms with Crippen molar-refractivity contribution in [2.24, 2.45) is 0 Å². The van der Waals surface area contributed by atoms with E-state index in [-0.39, 0.29) is 5.91 Å². The lowest BCUT2D eigenvalue weighted by atomic mass is 10.1. The van der Waals surface area contributed by atoms with Crippen molar-refractivity contribution in [3.8, 4) is 0 Å². The average Bonchev–Trinajstić information content (AvgIpc) is 3.13. The molecule has 1 aliphatic heterocycles. The molecule has 0 spiro atoms. The number of nitrogens with zero attached hydrogens (tertiary/aromatic N) is 5. The van der Waals surface area contributed by atoms with Crippen LogP contribution in [0.5, 0.6) is 0 Å². The average molecular weight is 307 g/mol. The zero-order valence-electron chi connectivity index (χ0n) is 12.1. The van der Waals surface area contributed by atoms with Crippen molar-refractivity contribution in [3.63, 3.8) is 0 Å². The van der Waals surface area contributed by atoms with E-state index in [9.17, 15) is 4.79 Å². The molecule has 0 aliphatic carbocycles. The van der Waals surface area contributed by atoms with Gasteiger partial charge in [-0.3, -0.25) is 9.69 Å². The van der Waals surface area contributed by atoms with E-state index < -0.39 is 0 Å². The second-order valence-electron chi connectivity index (χ2n) is 5.16. The fourth-order valence-corrected chi connectivity index (χ4v) is 2.91. The molecule has 0 N–H and O–H groups in total. The van der Waals surface area contributed by atoms with Gasteiger partial charge >= 0.3 is 0 Å². The van der Waals surface area contributed by atoms with Crippen molar-refractivity contribution < 1.29 is 9.32 Å². The Morgan fingerprint density at radius 1 is 1.33 bits per heavy atom. The smallest absolute Gasteiger partial charge is 0.275 e. The Kier molecular flexibility index (Phi) is 3.98. The van der Waals surface area contributed by atoms with Crippen LogP contribution in [-0.2, 0) is 6.54 Å². The Hall–Kier alpha value is -1.80. The van der Waals surface area contributed by atoms with Crippen molar-refractivity contribution in [3.05, 3.63) is 28.1 Å². The molecule has 3 heterocycles. The van der Waals surface area contributed by atoms with Crippen LogP contribution in [0.2, 0.25) is 0 Å². The number of aromatic nitrogens is 3. The molecule has 2 aromatic heterocycles. The Morgan fingerprint density at radius 2 is 2.10 bits per heavy atom. The SMILES string of the molecule is Cc1noc(C)c1CN1CCN(C(=O)c2csnn2)CC1. The topological polar surface area (TPSA) is 75.4 Å². The lowest BCUT2D eigenvalue weighted by molar-refractivity contribution is 0.0622. The van der Waals surface area contributed by atoms with Crippen molar-refractivity contribution in [2.45, 2.75) is 20.4 Å². The third kappa shape index (κ3) is 2.96. The van der Waals surface area contributed by atoms with E-state index in [1.807, 2.05) is 18.7 Å². The van der Waals surface area contributed by atoms with Gasteiger partial charge in [-0.25, -0.2) is 0 Å². The van der Waals surface area contributed by atoms with Crippen LogP contribution in [0, 0.1) is 13.8 Å². The predicted octanol–water partition coefficient (Wildman–Crippen LogP) is 1.10. The highest BCUT2D eigenvalue weighted by Crippen LogP contribution is 2.16. The fraction of sp³-hybridized carbons (Fsp3) is 0.538. The summed E-state index contributed by atoms with van der Waals surface area (Å²) in [4.78, 5) is 16.3. The van der Waals surface area contributed by atoms with E-state index in [1.165, 1.54) is 11.5 Å². The molecule has 8 heteroatoms. The standard InChI is InChI=1S/C13H17N5O2S/c1-9-11(10(2)20-15-9)7-17-3-5-18(6-4-17)13(19)12-8-21-16-14-12/h8H,3-7H2,1-2H3. The number of hydrogen-bond donors (Lipinski definition) is 0. The summed E-state index contributed by atoms with van der Waals surface area (Å²) in [6.07, 6.45) is 0. The lowest BCUT2D eigenvalue weighted by Gasteiger charge is -2.34. The Morgan fingerprint density at radius 3 is 2.67 bits per heavy atom. The van der Waals surface area contributed by atoms with Gasteiger partial charge in [0, 0.05) is 43.7 Å². The van der Waals surface area contributed by atoms with E-state index in [0.717, 1.165) is 36.7 Å². The zero-order chi connectivity index (χ0) is 14.8. The third-order valence-corrected chi connectivity index (χ3v) is 4.31. The Balaban J connectivity index is 1.57. The van der Waals surface area contributed by atoms with Crippen molar-refractivity contribution in [1.29, 1.82) is 0 Å². The first-order valence-electron chi connectivity index (χ1n) is 6.85. The van der Waals surface area contributed by atoms with Gasteiger partial charge < -0.3 is 9.42 Å². The highest BCUT2D eigenvalue weighted by atomic mass is 32.1. The molecule has 0 atom stereocenters. The van der Waals surface area contributed by atoms with Crippen molar-refractivity contribution in [2.75, 3.05) is 26.2 Å². The van der Waals surface area contributed by atoms with E-state index in [0.29, 0.717) is 18.8 Å². The maximum absolute atomic E-state index is 12.2. The number of carbonyl (C=O) groups excluding carboxylic acids is 1. The molecular weight excluding hydrogens is 290 g/mol. The van der Waals surface area contributed by atoms with Crippen LogP contribution < -0.4 is 0 Å². The third-order valence-electron chi connectivity index (χ3n) is 3.80. The molecule has 1 amide bonds. The van der Waals surface area contributed by atoms with Gasteiger partial charge in [-0.15, -0.1) is 5.10 Å². The summed E-state index contributed by atoms with van der Waals surface area (Å²) in [5.41, 5.74) is 2.54. The molecule has 0 saturated carbocycles. The van der Waals surface area contributed by atoms with E-state index >= 15 is 0 Å². The summed E-state index contributed by atoms with van der Waals surface area (Å²) in [6, 6.07) is 0. The van der Waals surface area contributed by atoms with Crippen LogP contribution in [-0.4, -0.2) is 56.6 Å². The minimum absolute atomic E-state index is 0.0271. The molecule has 7 nitrogen and oxygen atoms in total. The normalized spacial score (nSPS) is 16.4. The van der Waals surface area contributed by atoms with Gasteiger partial charge in [0.1, 0.15) is 5.76 Å². The fourth-order valence-electron chi connectivity index (χ4n) is 2.48. The Labute approximate surface area is 126 Å².